The number of anilines is 3. The fraction of sp³-hybridized carbons (Fsp3) is 0.148. The summed E-state index contributed by atoms with van der Waals surface area (Å²) in [6.07, 6.45) is 0. The van der Waals surface area contributed by atoms with E-state index in [0.717, 1.165) is 11.1 Å². The van der Waals surface area contributed by atoms with Crippen molar-refractivity contribution in [1.82, 2.24) is 0 Å². The number of hydrogen-bond donors (Lipinski definition) is 3. The van der Waals surface area contributed by atoms with Gasteiger partial charge in [-0.05, 0) is 55.8 Å². The molecule has 1 aliphatic rings. The number of amides is 3. The van der Waals surface area contributed by atoms with Crippen LogP contribution in [0.3, 0.4) is 0 Å². The van der Waals surface area contributed by atoms with E-state index < -0.39 is 11.4 Å². The molecule has 0 saturated heterocycles. The number of primary amides is 1. The minimum Gasteiger partial charge on any atom is -0.368 e. The van der Waals surface area contributed by atoms with Gasteiger partial charge in [-0.2, -0.15) is 0 Å². The second-order valence-corrected chi connectivity index (χ2v) is 9.72. The maximum absolute atomic E-state index is 13.0. The van der Waals surface area contributed by atoms with Crippen LogP contribution in [0.2, 0.25) is 5.02 Å². The van der Waals surface area contributed by atoms with Crippen LogP contribution >= 0.6 is 27.5 Å². The van der Waals surface area contributed by atoms with Gasteiger partial charge in [0.2, 0.25) is 11.8 Å². The molecule has 3 aromatic carbocycles. The van der Waals surface area contributed by atoms with E-state index in [-0.39, 0.29) is 17.1 Å². The molecule has 0 spiro atoms. The molecular formula is C27H24BrClN4O3. The molecule has 3 aromatic rings. The number of carbonyl (C=O) groups excluding carboxylic acids is 3. The molecule has 3 amide bonds. The van der Waals surface area contributed by atoms with E-state index in [9.17, 15) is 14.4 Å². The van der Waals surface area contributed by atoms with Gasteiger partial charge < -0.3 is 16.4 Å². The average Bonchev–Trinajstić information content (AvgIpc) is 3.18. The van der Waals surface area contributed by atoms with Crippen molar-refractivity contribution in [1.29, 1.82) is 0 Å². The first-order valence-electron chi connectivity index (χ1n) is 11.1. The molecule has 36 heavy (non-hydrogen) atoms. The molecule has 1 aliphatic heterocycles. The number of nitrogens with zero attached hydrogens (tertiary/aromatic N) is 1. The Morgan fingerprint density at radius 3 is 2.33 bits per heavy atom. The van der Waals surface area contributed by atoms with Gasteiger partial charge in [-0.1, -0.05) is 63.9 Å². The standard InChI is InChI=1S/C27H24BrClN4O3/c1-27(2,26(30)36)33(22(34)15-28)19-11-9-18(10-12-19)31-24(16-6-4-3-5-7-16)23-20-13-8-17(29)14-21(20)32-25(23)35/h3-14,31H,15H2,1-2H3,(H2,30,36)(H,32,35). The second kappa shape index (κ2) is 10.2. The third-order valence-corrected chi connectivity index (χ3v) is 6.67. The maximum Gasteiger partial charge on any atom is 0.258 e. The van der Waals surface area contributed by atoms with Crippen LogP contribution in [0, 0.1) is 0 Å². The number of rotatable bonds is 7. The van der Waals surface area contributed by atoms with Crippen molar-refractivity contribution in [3.8, 4) is 0 Å². The molecule has 0 aromatic heterocycles. The summed E-state index contributed by atoms with van der Waals surface area (Å²) in [5.41, 5.74) is 8.86. The predicted octanol–water partition coefficient (Wildman–Crippen LogP) is 5.26. The van der Waals surface area contributed by atoms with Crippen LogP contribution in [0.4, 0.5) is 17.1 Å². The Labute approximate surface area is 222 Å². The van der Waals surface area contributed by atoms with E-state index in [4.69, 9.17) is 17.3 Å². The number of carbonyl (C=O) groups is 3. The molecule has 0 bridgehead atoms. The van der Waals surface area contributed by atoms with Crippen LogP contribution < -0.4 is 21.3 Å². The van der Waals surface area contributed by atoms with Crippen molar-refractivity contribution >= 4 is 73.6 Å². The van der Waals surface area contributed by atoms with Crippen LogP contribution in [0.1, 0.15) is 25.0 Å². The molecule has 0 aliphatic carbocycles. The van der Waals surface area contributed by atoms with E-state index in [1.54, 1.807) is 50.2 Å². The number of halogens is 2. The second-order valence-electron chi connectivity index (χ2n) is 8.72. The van der Waals surface area contributed by atoms with Gasteiger partial charge in [0.05, 0.1) is 22.3 Å². The number of benzene rings is 3. The molecule has 0 unspecified atom stereocenters. The minimum atomic E-state index is -1.23. The number of hydrogen-bond acceptors (Lipinski definition) is 4. The molecule has 0 fully saturated rings. The van der Waals surface area contributed by atoms with E-state index in [0.29, 0.717) is 33.4 Å². The lowest BCUT2D eigenvalue weighted by Gasteiger charge is -2.35. The molecule has 184 valence electrons. The van der Waals surface area contributed by atoms with Crippen LogP contribution in [-0.4, -0.2) is 28.6 Å². The van der Waals surface area contributed by atoms with Crippen molar-refractivity contribution in [2.24, 2.45) is 5.73 Å². The number of alkyl halides is 1. The highest BCUT2D eigenvalue weighted by Gasteiger charge is 2.37. The quantitative estimate of drug-likeness (QED) is 0.267. The molecular weight excluding hydrogens is 544 g/mol. The van der Waals surface area contributed by atoms with E-state index in [1.165, 1.54) is 4.90 Å². The molecule has 0 radical (unpaired) electrons. The number of fused-ring (bicyclic) bond motifs is 1. The maximum atomic E-state index is 13.0. The monoisotopic (exact) mass is 566 g/mol. The van der Waals surface area contributed by atoms with Crippen LogP contribution in [0.25, 0.3) is 11.3 Å². The van der Waals surface area contributed by atoms with E-state index >= 15 is 0 Å². The highest BCUT2D eigenvalue weighted by molar-refractivity contribution is 9.09. The van der Waals surface area contributed by atoms with Crippen molar-refractivity contribution in [3.63, 3.8) is 0 Å². The average molecular weight is 568 g/mol. The molecule has 7 nitrogen and oxygen atoms in total. The van der Waals surface area contributed by atoms with Crippen LogP contribution in [0.15, 0.2) is 72.8 Å². The first kappa shape index (κ1) is 25.5. The Balaban J connectivity index is 1.77. The van der Waals surface area contributed by atoms with E-state index in [2.05, 4.69) is 26.6 Å². The van der Waals surface area contributed by atoms with Crippen molar-refractivity contribution < 1.29 is 14.4 Å². The largest absolute Gasteiger partial charge is 0.368 e. The van der Waals surface area contributed by atoms with Gasteiger partial charge in [0.15, 0.2) is 0 Å². The lowest BCUT2D eigenvalue weighted by Crippen LogP contribution is -2.56. The molecule has 4 rings (SSSR count). The first-order valence-corrected chi connectivity index (χ1v) is 12.6. The van der Waals surface area contributed by atoms with Crippen LogP contribution in [-0.2, 0) is 14.4 Å². The number of nitrogens with one attached hydrogen (secondary N) is 2. The summed E-state index contributed by atoms with van der Waals surface area (Å²) in [7, 11) is 0. The first-order chi connectivity index (χ1) is 17.1. The Morgan fingerprint density at radius 1 is 1.06 bits per heavy atom. The molecule has 0 saturated carbocycles. The summed E-state index contributed by atoms with van der Waals surface area (Å²) >= 11 is 9.31. The van der Waals surface area contributed by atoms with Crippen molar-refractivity contribution in [3.05, 3.63) is 88.9 Å². The summed E-state index contributed by atoms with van der Waals surface area (Å²) in [5, 5.41) is 6.82. The van der Waals surface area contributed by atoms with Crippen molar-refractivity contribution in [2.75, 3.05) is 20.9 Å². The molecule has 0 atom stereocenters. The summed E-state index contributed by atoms with van der Waals surface area (Å²) in [6, 6.07) is 21.8. The minimum absolute atomic E-state index is 0.0342. The topological polar surface area (TPSA) is 105 Å². The fourth-order valence-electron chi connectivity index (χ4n) is 4.06. The molecule has 1 heterocycles. The summed E-state index contributed by atoms with van der Waals surface area (Å²) in [6.45, 7) is 3.20. The van der Waals surface area contributed by atoms with Gasteiger partial charge in [-0.25, -0.2) is 0 Å². The van der Waals surface area contributed by atoms with Gasteiger partial charge >= 0.3 is 0 Å². The highest BCUT2D eigenvalue weighted by Crippen LogP contribution is 2.39. The Kier molecular flexibility index (Phi) is 7.19. The summed E-state index contributed by atoms with van der Waals surface area (Å²) < 4.78 is 0. The van der Waals surface area contributed by atoms with Gasteiger partial charge in [0.1, 0.15) is 5.54 Å². The third kappa shape index (κ3) is 4.87. The molecule has 9 heteroatoms. The molecule has 4 N–H and O–H groups in total. The van der Waals surface area contributed by atoms with Crippen LogP contribution in [0.5, 0.6) is 0 Å². The lowest BCUT2D eigenvalue weighted by atomic mass is 9.99. The van der Waals surface area contributed by atoms with Gasteiger partial charge in [0.25, 0.3) is 5.91 Å². The lowest BCUT2D eigenvalue weighted by molar-refractivity contribution is -0.126. The third-order valence-electron chi connectivity index (χ3n) is 5.96. The summed E-state index contributed by atoms with van der Waals surface area (Å²) in [4.78, 5) is 39.1. The van der Waals surface area contributed by atoms with Gasteiger partial charge in [-0.3, -0.25) is 19.3 Å². The zero-order valence-electron chi connectivity index (χ0n) is 19.6. The Bertz CT molecular complexity index is 1370. The van der Waals surface area contributed by atoms with Crippen molar-refractivity contribution in [2.45, 2.75) is 19.4 Å². The Hall–Kier alpha value is -3.62. The Morgan fingerprint density at radius 2 is 1.72 bits per heavy atom. The highest BCUT2D eigenvalue weighted by atomic mass is 79.9. The SMILES string of the molecule is CC(C)(C(N)=O)N(C(=O)CBr)c1ccc(NC(=C2C(=O)Nc3cc(Cl)ccc32)c2ccccc2)cc1. The van der Waals surface area contributed by atoms with Gasteiger partial charge in [-0.15, -0.1) is 0 Å². The number of nitrogens with two attached hydrogens (primary N) is 1. The van der Waals surface area contributed by atoms with Gasteiger partial charge in [0, 0.05) is 22.0 Å². The zero-order chi connectivity index (χ0) is 26.0. The summed E-state index contributed by atoms with van der Waals surface area (Å²) in [5.74, 6) is -1.17. The zero-order valence-corrected chi connectivity index (χ0v) is 22.0. The van der Waals surface area contributed by atoms with E-state index in [1.807, 2.05) is 36.4 Å². The smallest absolute Gasteiger partial charge is 0.258 e. The fourth-order valence-corrected chi connectivity index (χ4v) is 4.49. The normalized spacial score (nSPS) is 14.1. The predicted molar refractivity (Wildman–Crippen MR) is 148 cm³/mol.